The average molecular weight is 489 g/mol. The second kappa shape index (κ2) is 15.6. The van der Waals surface area contributed by atoms with E-state index in [0.717, 1.165) is 0 Å². The van der Waals surface area contributed by atoms with E-state index in [9.17, 15) is 28.8 Å². The summed E-state index contributed by atoms with van der Waals surface area (Å²) >= 11 is 0. The highest BCUT2D eigenvalue weighted by Gasteiger charge is 2.33. The highest BCUT2D eigenvalue weighted by molar-refractivity contribution is 5.96. The Morgan fingerprint density at radius 1 is 0.853 bits per heavy atom. The van der Waals surface area contributed by atoms with E-state index in [-0.39, 0.29) is 0 Å². The fourth-order valence-electron chi connectivity index (χ4n) is 2.92. The summed E-state index contributed by atoms with van der Waals surface area (Å²) in [6.07, 6.45) is 0.468. The number of nitrogens with two attached hydrogens (primary N) is 3. The molecule has 0 saturated carbocycles. The normalized spacial score (nSPS) is 15.2. The number of rotatable bonds is 17. The third kappa shape index (κ3) is 11.6. The molecule has 5 atom stereocenters. The number of aliphatic carboxylic acids is 2. The van der Waals surface area contributed by atoms with Crippen LogP contribution in [0, 0.1) is 5.92 Å². The minimum absolute atomic E-state index is 0.298. The van der Waals surface area contributed by atoms with Gasteiger partial charge in [0.05, 0.1) is 18.9 Å². The molecule has 0 aliphatic rings. The van der Waals surface area contributed by atoms with Gasteiger partial charge in [-0.1, -0.05) is 26.7 Å². The quantitative estimate of drug-likeness (QED) is 0.0988. The van der Waals surface area contributed by atoms with E-state index in [1.54, 1.807) is 13.8 Å². The minimum Gasteiger partial charge on any atom is -0.481 e. The summed E-state index contributed by atoms with van der Waals surface area (Å²) in [4.78, 5) is 71.5. The molecule has 14 heteroatoms. The molecule has 0 radical (unpaired) electrons. The van der Waals surface area contributed by atoms with Crippen LogP contribution in [0.3, 0.4) is 0 Å². The number of carbonyl (C=O) groups is 6. The van der Waals surface area contributed by atoms with Gasteiger partial charge in [-0.3, -0.25) is 24.0 Å². The minimum atomic E-state index is -1.72. The van der Waals surface area contributed by atoms with Crippen molar-refractivity contribution >= 4 is 35.6 Å². The molecule has 0 fully saturated rings. The Morgan fingerprint density at radius 3 is 1.91 bits per heavy atom. The lowest BCUT2D eigenvalue weighted by Crippen LogP contribution is -2.59. The Kier molecular flexibility index (Phi) is 14.1. The first-order chi connectivity index (χ1) is 15.8. The van der Waals surface area contributed by atoms with Crippen molar-refractivity contribution in [2.75, 3.05) is 6.54 Å². The molecule has 0 rings (SSSR count). The number of hydrogen-bond acceptors (Lipinski definition) is 8. The highest BCUT2D eigenvalue weighted by Crippen LogP contribution is 2.10. The molecule has 0 aliphatic heterocycles. The monoisotopic (exact) mass is 488 g/mol. The van der Waals surface area contributed by atoms with E-state index in [4.69, 9.17) is 27.4 Å². The van der Waals surface area contributed by atoms with Crippen LogP contribution in [0.15, 0.2) is 0 Å². The number of unbranched alkanes of at least 4 members (excludes halogenated alkanes) is 1. The van der Waals surface area contributed by atoms with Crippen molar-refractivity contribution in [3.8, 4) is 0 Å². The smallest absolute Gasteiger partial charge is 0.326 e. The molecule has 194 valence electrons. The van der Waals surface area contributed by atoms with Crippen molar-refractivity contribution in [2.45, 2.75) is 76.5 Å². The predicted octanol–water partition coefficient (Wildman–Crippen LogP) is -2.62. The van der Waals surface area contributed by atoms with Gasteiger partial charge >= 0.3 is 11.9 Å². The van der Waals surface area contributed by atoms with Gasteiger partial charge in [0.15, 0.2) is 0 Å². The molecule has 0 bridgehead atoms. The van der Waals surface area contributed by atoms with Crippen molar-refractivity contribution in [1.29, 1.82) is 0 Å². The SMILES string of the molecule is CCC(C)C(NC(=O)C(CC(N)=O)NC(=O)C(N)CCCCN)C(=O)NC(CC(=O)O)C(=O)O. The number of carboxylic acids is 2. The zero-order chi connectivity index (χ0) is 26.4. The Labute approximate surface area is 197 Å². The molecule has 0 saturated heterocycles. The standard InChI is InChI=1S/C20H36N6O8/c1-3-10(2)16(19(32)25-13(20(33)34)9-15(28)29)26-18(31)12(8-14(23)27)24-17(30)11(22)6-4-5-7-21/h10-13,16H,3-9,21-22H2,1-2H3,(H2,23,27)(H,24,30)(H,25,32)(H,26,31)(H,28,29)(H,33,34). The van der Waals surface area contributed by atoms with Crippen molar-refractivity contribution in [1.82, 2.24) is 16.0 Å². The summed E-state index contributed by atoms with van der Waals surface area (Å²) in [6.45, 7) is 3.74. The van der Waals surface area contributed by atoms with E-state index in [2.05, 4.69) is 16.0 Å². The van der Waals surface area contributed by atoms with Crippen molar-refractivity contribution in [3.05, 3.63) is 0 Å². The molecule has 0 spiro atoms. The molecule has 34 heavy (non-hydrogen) atoms. The fraction of sp³-hybridized carbons (Fsp3) is 0.700. The van der Waals surface area contributed by atoms with Crippen LogP contribution in [0.2, 0.25) is 0 Å². The molecule has 0 aliphatic carbocycles. The molecule has 4 amide bonds. The van der Waals surface area contributed by atoms with Gasteiger partial charge < -0.3 is 43.4 Å². The van der Waals surface area contributed by atoms with Crippen LogP contribution in [-0.2, 0) is 28.8 Å². The Bertz CT molecular complexity index is 747. The number of nitrogens with one attached hydrogen (secondary N) is 3. The Balaban J connectivity index is 5.51. The first-order valence-corrected chi connectivity index (χ1v) is 10.9. The van der Waals surface area contributed by atoms with Crippen LogP contribution in [0.5, 0.6) is 0 Å². The van der Waals surface area contributed by atoms with Crippen LogP contribution in [0.25, 0.3) is 0 Å². The third-order valence-electron chi connectivity index (χ3n) is 5.13. The number of carbonyl (C=O) groups excluding carboxylic acids is 4. The lowest BCUT2D eigenvalue weighted by molar-refractivity contribution is -0.147. The zero-order valence-electron chi connectivity index (χ0n) is 19.4. The summed E-state index contributed by atoms with van der Waals surface area (Å²) < 4.78 is 0. The maximum Gasteiger partial charge on any atom is 0.326 e. The molecule has 0 aromatic carbocycles. The van der Waals surface area contributed by atoms with Gasteiger partial charge in [0.2, 0.25) is 23.6 Å². The first-order valence-electron chi connectivity index (χ1n) is 10.9. The van der Waals surface area contributed by atoms with Crippen molar-refractivity contribution in [2.24, 2.45) is 23.1 Å². The zero-order valence-corrected chi connectivity index (χ0v) is 19.4. The van der Waals surface area contributed by atoms with E-state index >= 15 is 0 Å². The lowest BCUT2D eigenvalue weighted by Gasteiger charge is -2.27. The summed E-state index contributed by atoms with van der Waals surface area (Å²) in [5.74, 6) is -6.95. The molecule has 5 unspecified atom stereocenters. The molecule has 0 heterocycles. The number of carboxylic acid groups (broad SMARTS) is 2. The van der Waals surface area contributed by atoms with Gasteiger partial charge in [0.1, 0.15) is 18.1 Å². The van der Waals surface area contributed by atoms with Crippen molar-refractivity contribution < 1.29 is 39.0 Å². The summed E-state index contributed by atoms with van der Waals surface area (Å²) in [6, 6.07) is -5.39. The molecule has 11 N–H and O–H groups in total. The van der Waals surface area contributed by atoms with Gasteiger partial charge in [0, 0.05) is 0 Å². The van der Waals surface area contributed by atoms with Crippen LogP contribution in [-0.4, -0.2) is 76.5 Å². The topological polar surface area (TPSA) is 257 Å². The fourth-order valence-corrected chi connectivity index (χ4v) is 2.92. The molecular formula is C20H36N6O8. The van der Waals surface area contributed by atoms with E-state index < -0.39 is 78.5 Å². The molecule has 14 nitrogen and oxygen atoms in total. The summed E-state index contributed by atoms with van der Waals surface area (Å²) in [5.41, 5.74) is 16.4. The largest absolute Gasteiger partial charge is 0.481 e. The van der Waals surface area contributed by atoms with Crippen LogP contribution in [0.4, 0.5) is 0 Å². The molecular weight excluding hydrogens is 452 g/mol. The average Bonchev–Trinajstić information content (AvgIpc) is 2.74. The lowest BCUT2D eigenvalue weighted by atomic mass is 9.97. The molecule has 0 aromatic heterocycles. The Morgan fingerprint density at radius 2 is 1.44 bits per heavy atom. The number of amides is 4. The second-order valence-corrected chi connectivity index (χ2v) is 7.99. The van der Waals surface area contributed by atoms with Crippen LogP contribution < -0.4 is 33.2 Å². The van der Waals surface area contributed by atoms with Gasteiger partial charge in [-0.05, 0) is 25.3 Å². The summed E-state index contributed by atoms with van der Waals surface area (Å²) in [7, 11) is 0. The second-order valence-electron chi connectivity index (χ2n) is 7.99. The maximum absolute atomic E-state index is 12.8. The van der Waals surface area contributed by atoms with E-state index in [1.807, 2.05) is 0 Å². The van der Waals surface area contributed by atoms with Gasteiger partial charge in [-0.25, -0.2) is 4.79 Å². The molecule has 0 aromatic rings. The van der Waals surface area contributed by atoms with Gasteiger partial charge in [0.25, 0.3) is 0 Å². The van der Waals surface area contributed by atoms with Crippen molar-refractivity contribution in [3.63, 3.8) is 0 Å². The Hall–Kier alpha value is -3.26. The maximum atomic E-state index is 12.8. The van der Waals surface area contributed by atoms with Crippen LogP contribution in [0.1, 0.15) is 52.4 Å². The third-order valence-corrected chi connectivity index (χ3v) is 5.13. The van der Waals surface area contributed by atoms with Gasteiger partial charge in [-0.2, -0.15) is 0 Å². The highest BCUT2D eigenvalue weighted by atomic mass is 16.4. The van der Waals surface area contributed by atoms with Crippen LogP contribution >= 0.6 is 0 Å². The first kappa shape index (κ1) is 30.7. The summed E-state index contributed by atoms with van der Waals surface area (Å²) in [5, 5.41) is 24.9. The van der Waals surface area contributed by atoms with E-state index in [0.29, 0.717) is 32.2 Å². The van der Waals surface area contributed by atoms with Gasteiger partial charge in [-0.15, -0.1) is 0 Å². The predicted molar refractivity (Wildman–Crippen MR) is 120 cm³/mol. The number of hydrogen-bond donors (Lipinski definition) is 8. The number of primary amides is 1. The van der Waals surface area contributed by atoms with E-state index in [1.165, 1.54) is 0 Å².